The number of anilines is 1. The van der Waals surface area contributed by atoms with Gasteiger partial charge in [-0.15, -0.1) is 0 Å². The van der Waals surface area contributed by atoms with E-state index in [2.05, 4.69) is 115 Å². The van der Waals surface area contributed by atoms with E-state index in [1.54, 1.807) is 0 Å². The Morgan fingerprint density at radius 1 is 0.821 bits per heavy atom. The predicted molar refractivity (Wildman–Crippen MR) is 119 cm³/mol. The average molecular weight is 369 g/mol. The summed E-state index contributed by atoms with van der Waals surface area (Å²) in [5.41, 5.74) is 7.61. The van der Waals surface area contributed by atoms with Gasteiger partial charge < -0.3 is 4.90 Å². The van der Waals surface area contributed by atoms with E-state index in [-0.39, 0.29) is 5.41 Å². The van der Waals surface area contributed by atoms with Crippen molar-refractivity contribution in [2.24, 2.45) is 0 Å². The van der Waals surface area contributed by atoms with Gasteiger partial charge in [0, 0.05) is 36.6 Å². The SMILES string of the molecule is CN(C)c1ccc2c(ccc3c[n+]4c5ccc(C(C)(C)C)cc5ccc4n32)c1. The molecule has 0 bridgehead atoms. The van der Waals surface area contributed by atoms with Crippen molar-refractivity contribution in [3.63, 3.8) is 0 Å². The summed E-state index contributed by atoms with van der Waals surface area (Å²) in [6, 6.07) is 22.4. The number of nitrogens with zero attached hydrogens (tertiary/aromatic N) is 3. The lowest BCUT2D eigenvalue weighted by Gasteiger charge is -2.19. The summed E-state index contributed by atoms with van der Waals surface area (Å²) in [5.74, 6) is 0. The zero-order valence-corrected chi connectivity index (χ0v) is 17.2. The molecule has 0 unspecified atom stereocenters. The lowest BCUT2D eigenvalue weighted by Crippen LogP contribution is -2.20. The van der Waals surface area contributed by atoms with Gasteiger partial charge in [0.15, 0.2) is 5.52 Å². The molecule has 0 aliphatic heterocycles. The van der Waals surface area contributed by atoms with E-state index in [4.69, 9.17) is 0 Å². The van der Waals surface area contributed by atoms with Crippen LogP contribution in [0.15, 0.2) is 66.9 Å². The van der Waals surface area contributed by atoms with Crippen molar-refractivity contribution in [3.05, 3.63) is 72.4 Å². The van der Waals surface area contributed by atoms with Crippen LogP contribution < -0.4 is 9.30 Å². The molecule has 0 fully saturated rings. The van der Waals surface area contributed by atoms with Crippen molar-refractivity contribution < 1.29 is 4.40 Å². The van der Waals surface area contributed by atoms with Crippen molar-refractivity contribution in [3.8, 4) is 0 Å². The number of rotatable bonds is 1. The van der Waals surface area contributed by atoms with Gasteiger partial charge in [-0.3, -0.25) is 0 Å². The highest BCUT2D eigenvalue weighted by Gasteiger charge is 2.19. The Morgan fingerprint density at radius 3 is 2.36 bits per heavy atom. The third-order valence-electron chi connectivity index (χ3n) is 5.76. The fraction of sp³-hybridized carbons (Fsp3) is 0.240. The Bertz CT molecular complexity index is 1370. The van der Waals surface area contributed by atoms with Crippen LogP contribution in [0.4, 0.5) is 5.69 Å². The first-order valence-corrected chi connectivity index (χ1v) is 9.83. The molecule has 0 spiro atoms. The molecule has 0 aliphatic carbocycles. The van der Waals surface area contributed by atoms with E-state index in [0.29, 0.717) is 0 Å². The number of aromatic nitrogens is 2. The maximum Gasteiger partial charge on any atom is 0.292 e. The quantitative estimate of drug-likeness (QED) is 0.363. The predicted octanol–water partition coefficient (Wildman–Crippen LogP) is 5.35. The van der Waals surface area contributed by atoms with E-state index >= 15 is 0 Å². The third kappa shape index (κ3) is 2.46. The lowest BCUT2D eigenvalue weighted by molar-refractivity contribution is -0.479. The monoisotopic (exact) mass is 368 g/mol. The van der Waals surface area contributed by atoms with Gasteiger partial charge in [0.2, 0.25) is 0 Å². The van der Waals surface area contributed by atoms with Crippen LogP contribution in [0.3, 0.4) is 0 Å². The molecule has 0 saturated carbocycles. The summed E-state index contributed by atoms with van der Waals surface area (Å²) < 4.78 is 4.67. The van der Waals surface area contributed by atoms with Gasteiger partial charge in [-0.1, -0.05) is 26.8 Å². The highest BCUT2D eigenvalue weighted by atomic mass is 15.1. The van der Waals surface area contributed by atoms with Crippen molar-refractivity contribution in [1.82, 2.24) is 4.40 Å². The van der Waals surface area contributed by atoms with Crippen LogP contribution in [0.2, 0.25) is 0 Å². The molecule has 28 heavy (non-hydrogen) atoms. The first kappa shape index (κ1) is 17.1. The molecule has 140 valence electrons. The fourth-order valence-electron chi connectivity index (χ4n) is 4.09. The number of pyridine rings is 2. The fourth-order valence-corrected chi connectivity index (χ4v) is 4.09. The normalized spacial score (nSPS) is 12.5. The minimum Gasteiger partial charge on any atom is -0.378 e. The number of fused-ring (bicyclic) bond motifs is 7. The second-order valence-electron chi connectivity index (χ2n) is 8.95. The molecule has 3 heterocycles. The molecule has 5 aromatic rings. The molecular formula is C25H26N3+. The van der Waals surface area contributed by atoms with E-state index in [1.165, 1.54) is 44.2 Å². The second-order valence-corrected chi connectivity index (χ2v) is 8.95. The van der Waals surface area contributed by atoms with Crippen molar-refractivity contribution >= 4 is 38.7 Å². The van der Waals surface area contributed by atoms with Gasteiger partial charge in [-0.05, 0) is 59.5 Å². The van der Waals surface area contributed by atoms with Gasteiger partial charge in [0.1, 0.15) is 17.2 Å². The van der Waals surface area contributed by atoms with Crippen LogP contribution >= 0.6 is 0 Å². The standard InChI is InChI=1S/C25H26N3/c1-25(2,3)19-8-11-22-17(14-19)7-13-24-27(22)16-21-9-6-18-15-20(26(4)5)10-12-23(18)28(21)24/h6-16H,1-5H3/q+1. The van der Waals surface area contributed by atoms with E-state index in [1.807, 2.05) is 0 Å². The van der Waals surface area contributed by atoms with Gasteiger partial charge in [0.25, 0.3) is 5.65 Å². The van der Waals surface area contributed by atoms with Crippen LogP contribution in [-0.4, -0.2) is 18.5 Å². The Hall–Kier alpha value is -3.07. The van der Waals surface area contributed by atoms with Crippen LogP contribution in [0.1, 0.15) is 26.3 Å². The highest BCUT2D eigenvalue weighted by Crippen LogP contribution is 2.27. The molecule has 2 aromatic carbocycles. The largest absolute Gasteiger partial charge is 0.378 e. The highest BCUT2D eigenvalue weighted by molar-refractivity contribution is 5.88. The topological polar surface area (TPSA) is 11.8 Å². The second kappa shape index (κ2) is 5.71. The molecule has 0 atom stereocenters. The molecule has 3 heteroatoms. The summed E-state index contributed by atoms with van der Waals surface area (Å²) in [6.45, 7) is 6.79. The zero-order chi connectivity index (χ0) is 19.6. The average Bonchev–Trinajstić information content (AvgIpc) is 3.05. The maximum absolute atomic E-state index is 2.35. The molecule has 0 radical (unpaired) electrons. The van der Waals surface area contributed by atoms with Crippen molar-refractivity contribution in [2.75, 3.05) is 19.0 Å². The zero-order valence-electron chi connectivity index (χ0n) is 17.2. The summed E-state index contributed by atoms with van der Waals surface area (Å²) >= 11 is 0. The molecule has 5 rings (SSSR count). The number of benzene rings is 2. The van der Waals surface area contributed by atoms with Crippen LogP contribution in [0, 0.1) is 0 Å². The summed E-state index contributed by atoms with van der Waals surface area (Å²) in [5, 5.41) is 2.53. The summed E-state index contributed by atoms with van der Waals surface area (Å²) in [4.78, 5) is 2.15. The third-order valence-corrected chi connectivity index (χ3v) is 5.76. The van der Waals surface area contributed by atoms with Crippen molar-refractivity contribution in [1.29, 1.82) is 0 Å². The Kier molecular flexibility index (Phi) is 3.48. The van der Waals surface area contributed by atoms with Crippen molar-refractivity contribution in [2.45, 2.75) is 26.2 Å². The minimum absolute atomic E-state index is 0.152. The molecule has 3 aromatic heterocycles. The van der Waals surface area contributed by atoms with Gasteiger partial charge >= 0.3 is 0 Å². The maximum atomic E-state index is 2.35. The minimum atomic E-state index is 0.152. The van der Waals surface area contributed by atoms with Crippen LogP contribution in [0.5, 0.6) is 0 Å². The van der Waals surface area contributed by atoms with E-state index in [0.717, 1.165) is 0 Å². The van der Waals surface area contributed by atoms with Crippen LogP contribution in [0.25, 0.3) is 33.0 Å². The molecular weight excluding hydrogens is 342 g/mol. The molecule has 0 saturated heterocycles. The Morgan fingerprint density at radius 2 is 1.61 bits per heavy atom. The van der Waals surface area contributed by atoms with Gasteiger partial charge in [0.05, 0.1) is 0 Å². The van der Waals surface area contributed by atoms with Crippen LogP contribution in [-0.2, 0) is 5.41 Å². The summed E-state index contributed by atoms with van der Waals surface area (Å²) in [7, 11) is 4.16. The molecule has 0 aliphatic rings. The Balaban J connectivity index is 1.84. The lowest BCUT2D eigenvalue weighted by atomic mass is 9.86. The number of hydrogen-bond donors (Lipinski definition) is 0. The van der Waals surface area contributed by atoms with E-state index < -0.39 is 0 Å². The summed E-state index contributed by atoms with van der Waals surface area (Å²) in [6.07, 6.45) is 2.24. The molecule has 3 nitrogen and oxygen atoms in total. The van der Waals surface area contributed by atoms with Gasteiger partial charge in [-0.25, -0.2) is 0 Å². The molecule has 0 N–H and O–H groups in total. The molecule has 0 amide bonds. The first-order chi connectivity index (χ1) is 13.3. The first-order valence-electron chi connectivity index (χ1n) is 9.83. The van der Waals surface area contributed by atoms with E-state index in [9.17, 15) is 0 Å². The smallest absolute Gasteiger partial charge is 0.292 e. The van der Waals surface area contributed by atoms with Gasteiger partial charge in [-0.2, -0.15) is 8.80 Å². The number of imidazole rings is 1. The number of hydrogen-bond acceptors (Lipinski definition) is 1. The Labute approximate surface area is 165 Å².